The molecule has 0 saturated heterocycles. The number of para-hydroxylation sites is 1. The smallest absolute Gasteiger partial charge is 0.326 e. The molecule has 4 amide bonds. The van der Waals surface area contributed by atoms with Gasteiger partial charge in [0, 0.05) is 29.9 Å². The first-order valence-corrected chi connectivity index (χ1v) is 11.9. The molecule has 15 heteroatoms. The molecule has 0 aliphatic rings. The third kappa shape index (κ3) is 9.08. The fourth-order valence-electron chi connectivity index (χ4n) is 3.73. The fraction of sp³-hybridized carbons (Fsp3) is 0.417. The number of aliphatic carboxylic acids is 2. The van der Waals surface area contributed by atoms with E-state index in [1.165, 1.54) is 0 Å². The monoisotopic (exact) mass is 548 g/mol. The Hall–Kier alpha value is -4.50. The first-order valence-electron chi connectivity index (χ1n) is 11.9. The number of aromatic amines is 1. The number of rotatable bonds is 15. The summed E-state index contributed by atoms with van der Waals surface area (Å²) in [5, 5.41) is 36.3. The molecule has 0 radical (unpaired) electrons. The summed E-state index contributed by atoms with van der Waals surface area (Å²) in [6.45, 7) is 1.16. The summed E-state index contributed by atoms with van der Waals surface area (Å²) in [5.74, 6) is -6.69. The second-order valence-electron chi connectivity index (χ2n) is 8.96. The Kier molecular flexibility index (Phi) is 10.9. The lowest BCUT2D eigenvalue weighted by Crippen LogP contribution is -2.60. The molecule has 0 fully saturated rings. The van der Waals surface area contributed by atoms with E-state index in [4.69, 9.17) is 11.5 Å². The summed E-state index contributed by atoms with van der Waals surface area (Å²) >= 11 is 0. The van der Waals surface area contributed by atoms with Crippen LogP contribution in [-0.4, -0.2) is 86.1 Å². The number of nitrogens with one attached hydrogen (secondary N) is 4. The zero-order valence-electron chi connectivity index (χ0n) is 21.0. The average molecular weight is 549 g/mol. The molecule has 11 N–H and O–H groups in total. The summed E-state index contributed by atoms with van der Waals surface area (Å²) in [7, 11) is 0. The summed E-state index contributed by atoms with van der Waals surface area (Å²) in [6.07, 6.45) is -1.32. The van der Waals surface area contributed by atoms with Gasteiger partial charge in [0.1, 0.15) is 18.1 Å². The number of carboxylic acids is 2. The number of aliphatic hydroxyl groups excluding tert-OH is 1. The molecule has 5 unspecified atom stereocenters. The standard InChI is InChI=1S/C24H32N6O9/c1-11(31)20(30-22(36)16(9-19(33)34)28-21(35)14(25)6-7-18(26)32)23(37)29-17(24(38)39)8-12-10-27-15-5-3-2-4-13(12)15/h2-5,10-11,14,16-17,20,27,31H,6-9,25H2,1H3,(H2,26,32)(H,28,35)(H,29,37)(H,30,36)(H,33,34)(H,38,39). The third-order valence-electron chi connectivity index (χ3n) is 5.83. The Bertz CT molecular complexity index is 1230. The van der Waals surface area contributed by atoms with Crippen molar-refractivity contribution in [3.8, 4) is 0 Å². The molecule has 2 rings (SSSR count). The van der Waals surface area contributed by atoms with Gasteiger partial charge in [-0.15, -0.1) is 0 Å². The highest BCUT2D eigenvalue weighted by molar-refractivity contribution is 5.96. The van der Waals surface area contributed by atoms with Crippen molar-refractivity contribution < 1.29 is 44.1 Å². The maximum atomic E-state index is 12.9. The van der Waals surface area contributed by atoms with Crippen LogP contribution < -0.4 is 27.4 Å². The molecule has 212 valence electrons. The number of hydrogen-bond donors (Lipinski definition) is 9. The van der Waals surface area contributed by atoms with E-state index in [1.54, 1.807) is 30.5 Å². The Morgan fingerprint density at radius 2 is 1.59 bits per heavy atom. The SMILES string of the molecule is CC(O)C(NC(=O)C(CC(=O)O)NC(=O)C(N)CCC(N)=O)C(=O)NC(Cc1c[nH]c2ccccc12)C(=O)O. The van der Waals surface area contributed by atoms with E-state index in [9.17, 15) is 44.1 Å². The molecule has 39 heavy (non-hydrogen) atoms. The normalized spacial score (nSPS) is 14.8. The third-order valence-corrected chi connectivity index (χ3v) is 5.83. The second kappa shape index (κ2) is 13.9. The van der Waals surface area contributed by atoms with Gasteiger partial charge in [-0.2, -0.15) is 0 Å². The Labute approximate surface area is 222 Å². The highest BCUT2D eigenvalue weighted by atomic mass is 16.4. The van der Waals surface area contributed by atoms with E-state index in [0.717, 1.165) is 17.8 Å². The number of carboxylic acid groups (broad SMARTS) is 2. The summed E-state index contributed by atoms with van der Waals surface area (Å²) in [4.78, 5) is 75.2. The number of H-pyrrole nitrogens is 1. The lowest BCUT2D eigenvalue weighted by molar-refractivity contribution is -0.144. The van der Waals surface area contributed by atoms with E-state index in [-0.39, 0.29) is 19.3 Å². The van der Waals surface area contributed by atoms with Crippen LogP contribution in [0.1, 0.15) is 31.7 Å². The molecule has 1 aromatic carbocycles. The maximum Gasteiger partial charge on any atom is 0.326 e. The van der Waals surface area contributed by atoms with Crippen LogP contribution in [0.2, 0.25) is 0 Å². The highest BCUT2D eigenvalue weighted by Gasteiger charge is 2.33. The van der Waals surface area contributed by atoms with Crippen molar-refractivity contribution in [2.75, 3.05) is 0 Å². The molecular weight excluding hydrogens is 516 g/mol. The number of carbonyl (C=O) groups excluding carboxylic acids is 4. The van der Waals surface area contributed by atoms with Gasteiger partial charge in [0.25, 0.3) is 0 Å². The highest BCUT2D eigenvalue weighted by Crippen LogP contribution is 2.19. The number of benzene rings is 1. The molecule has 0 aliphatic heterocycles. The van der Waals surface area contributed by atoms with Crippen molar-refractivity contribution in [2.24, 2.45) is 11.5 Å². The van der Waals surface area contributed by atoms with Crippen molar-refractivity contribution in [2.45, 2.75) is 62.9 Å². The summed E-state index contributed by atoms with van der Waals surface area (Å²) < 4.78 is 0. The number of fused-ring (bicyclic) bond motifs is 1. The quantitative estimate of drug-likeness (QED) is 0.115. The fourth-order valence-corrected chi connectivity index (χ4v) is 3.73. The number of carbonyl (C=O) groups is 6. The lowest BCUT2D eigenvalue weighted by Gasteiger charge is -2.26. The van der Waals surface area contributed by atoms with Gasteiger partial charge in [0.05, 0.1) is 18.6 Å². The molecule has 1 aromatic heterocycles. The van der Waals surface area contributed by atoms with Gasteiger partial charge in [-0.25, -0.2) is 4.79 Å². The largest absolute Gasteiger partial charge is 0.481 e. The van der Waals surface area contributed by atoms with Gasteiger partial charge in [0.15, 0.2) is 0 Å². The van der Waals surface area contributed by atoms with Crippen molar-refractivity contribution >= 4 is 46.5 Å². The summed E-state index contributed by atoms with van der Waals surface area (Å²) in [5.41, 5.74) is 12.0. The molecule has 0 spiro atoms. The van der Waals surface area contributed by atoms with E-state index >= 15 is 0 Å². The Balaban J connectivity index is 2.14. The topological polar surface area (TPSA) is 267 Å². The van der Waals surface area contributed by atoms with Crippen molar-refractivity contribution in [1.82, 2.24) is 20.9 Å². The van der Waals surface area contributed by atoms with Crippen LogP contribution in [0.25, 0.3) is 10.9 Å². The number of aromatic nitrogens is 1. The average Bonchev–Trinajstić information content (AvgIpc) is 3.26. The molecule has 2 aromatic rings. The number of amides is 4. The van der Waals surface area contributed by atoms with Crippen LogP contribution in [0.5, 0.6) is 0 Å². The van der Waals surface area contributed by atoms with Crippen molar-refractivity contribution in [3.05, 3.63) is 36.0 Å². The number of primary amides is 1. The lowest BCUT2D eigenvalue weighted by atomic mass is 10.0. The first-order chi connectivity index (χ1) is 18.3. The zero-order chi connectivity index (χ0) is 29.3. The predicted octanol–water partition coefficient (Wildman–Crippen LogP) is -2.30. The van der Waals surface area contributed by atoms with Gasteiger partial charge >= 0.3 is 11.9 Å². The van der Waals surface area contributed by atoms with Gasteiger partial charge < -0.3 is 47.7 Å². The number of nitrogens with two attached hydrogens (primary N) is 2. The molecule has 15 nitrogen and oxygen atoms in total. The molecular formula is C24H32N6O9. The molecule has 5 atom stereocenters. The van der Waals surface area contributed by atoms with Gasteiger partial charge in [-0.3, -0.25) is 24.0 Å². The van der Waals surface area contributed by atoms with Crippen LogP contribution in [0, 0.1) is 0 Å². The van der Waals surface area contributed by atoms with Gasteiger partial charge in [0.2, 0.25) is 23.6 Å². The van der Waals surface area contributed by atoms with Crippen LogP contribution in [0.3, 0.4) is 0 Å². The van der Waals surface area contributed by atoms with Crippen LogP contribution >= 0.6 is 0 Å². The number of hydrogen-bond acceptors (Lipinski definition) is 8. The molecule has 1 heterocycles. The van der Waals surface area contributed by atoms with Crippen LogP contribution in [-0.2, 0) is 35.2 Å². The van der Waals surface area contributed by atoms with E-state index in [2.05, 4.69) is 20.9 Å². The van der Waals surface area contributed by atoms with Crippen molar-refractivity contribution in [1.29, 1.82) is 0 Å². The zero-order valence-corrected chi connectivity index (χ0v) is 21.0. The maximum absolute atomic E-state index is 12.9. The minimum atomic E-state index is -1.70. The molecule has 0 bridgehead atoms. The van der Waals surface area contributed by atoms with E-state index < -0.39 is 72.3 Å². The minimum absolute atomic E-state index is 0.119. The summed E-state index contributed by atoms with van der Waals surface area (Å²) in [6, 6.07) is 1.02. The Morgan fingerprint density at radius 1 is 0.949 bits per heavy atom. The van der Waals surface area contributed by atoms with Gasteiger partial charge in [-0.05, 0) is 25.0 Å². The molecule has 0 aliphatic carbocycles. The predicted molar refractivity (Wildman–Crippen MR) is 136 cm³/mol. The van der Waals surface area contributed by atoms with Crippen molar-refractivity contribution in [3.63, 3.8) is 0 Å². The first kappa shape index (κ1) is 30.7. The number of aliphatic hydroxyl groups is 1. The minimum Gasteiger partial charge on any atom is -0.481 e. The van der Waals surface area contributed by atoms with E-state index in [0.29, 0.717) is 5.56 Å². The van der Waals surface area contributed by atoms with E-state index in [1.807, 2.05) is 0 Å². The Morgan fingerprint density at radius 3 is 2.18 bits per heavy atom. The van der Waals surface area contributed by atoms with Crippen LogP contribution in [0.15, 0.2) is 30.5 Å². The van der Waals surface area contributed by atoms with Crippen LogP contribution in [0.4, 0.5) is 0 Å². The van der Waals surface area contributed by atoms with Gasteiger partial charge in [-0.1, -0.05) is 18.2 Å². The second-order valence-corrected chi connectivity index (χ2v) is 8.96. The molecule has 0 saturated carbocycles.